The van der Waals surface area contributed by atoms with Gasteiger partial charge in [-0.25, -0.2) is 0 Å². The highest BCUT2D eigenvalue weighted by molar-refractivity contribution is 5.70. The summed E-state index contributed by atoms with van der Waals surface area (Å²) in [6.45, 7) is 7.68. The molecule has 0 aliphatic heterocycles. The standard InChI is InChI=1S/C59H104O5/c1-4-7-10-13-16-19-22-25-28-30-32-35-38-41-44-47-50-53-59(61)64-57(55-62-54-51-48-45-42-39-36-33-29-26-23-20-17-14-11-8-5-2)56-63-58(60)52-49-46-43-40-37-34-31-27-24-21-18-15-12-9-6-3/h7,10,16,18-19,21,25,27-28,31-32,35,57H,4-6,8-9,11-15,17,20,22-24,26,29-30,33-34,36-56H2,1-3H3/b10-7-,19-16-,21-18-,28-25-,31-27-,35-32-/t57-/m1/s1. The second kappa shape index (κ2) is 54.7. The molecule has 0 aliphatic carbocycles. The van der Waals surface area contributed by atoms with E-state index in [1.807, 2.05) is 0 Å². The van der Waals surface area contributed by atoms with Gasteiger partial charge in [-0.15, -0.1) is 0 Å². The maximum Gasteiger partial charge on any atom is 0.306 e. The van der Waals surface area contributed by atoms with Gasteiger partial charge in [0.25, 0.3) is 0 Å². The molecule has 0 saturated carbocycles. The maximum atomic E-state index is 12.8. The zero-order valence-electron chi connectivity index (χ0n) is 42.5. The lowest BCUT2D eigenvalue weighted by molar-refractivity contribution is -0.163. The molecule has 64 heavy (non-hydrogen) atoms. The molecule has 0 amide bonds. The van der Waals surface area contributed by atoms with E-state index in [-0.39, 0.29) is 25.2 Å². The van der Waals surface area contributed by atoms with Crippen LogP contribution in [0.3, 0.4) is 0 Å². The Morgan fingerprint density at radius 2 is 0.703 bits per heavy atom. The first kappa shape index (κ1) is 61.3. The third kappa shape index (κ3) is 52.0. The van der Waals surface area contributed by atoms with Gasteiger partial charge in [0.1, 0.15) is 6.61 Å². The van der Waals surface area contributed by atoms with E-state index in [4.69, 9.17) is 14.2 Å². The molecule has 0 aromatic rings. The molecule has 0 spiro atoms. The molecule has 0 aromatic carbocycles. The van der Waals surface area contributed by atoms with Gasteiger partial charge in [0.15, 0.2) is 6.10 Å². The van der Waals surface area contributed by atoms with Crippen LogP contribution >= 0.6 is 0 Å². The molecule has 0 radical (unpaired) electrons. The second-order valence-corrected chi connectivity index (χ2v) is 18.1. The molecule has 0 rings (SSSR count). The third-order valence-corrected chi connectivity index (χ3v) is 11.7. The van der Waals surface area contributed by atoms with Gasteiger partial charge >= 0.3 is 11.9 Å². The van der Waals surface area contributed by atoms with Crippen molar-refractivity contribution in [1.29, 1.82) is 0 Å². The SMILES string of the molecule is CC/C=C\C/C=C\C/C=C\C/C=C\CCCCCCC(=O)O[C@H](COCCCCCCCCCCCCCCCCCC)COC(=O)CCCCCCC/C=C\C/C=C\CCCCC. The molecule has 0 heterocycles. The Morgan fingerprint density at radius 3 is 1.16 bits per heavy atom. The lowest BCUT2D eigenvalue weighted by Gasteiger charge is -2.18. The van der Waals surface area contributed by atoms with E-state index < -0.39 is 6.10 Å². The smallest absolute Gasteiger partial charge is 0.306 e. The Hall–Kier alpha value is -2.66. The van der Waals surface area contributed by atoms with Crippen molar-refractivity contribution in [3.8, 4) is 0 Å². The zero-order chi connectivity index (χ0) is 46.3. The van der Waals surface area contributed by atoms with E-state index in [2.05, 4.69) is 93.7 Å². The van der Waals surface area contributed by atoms with Crippen molar-refractivity contribution in [2.45, 2.75) is 271 Å². The Morgan fingerprint density at radius 1 is 0.359 bits per heavy atom. The minimum atomic E-state index is -0.555. The van der Waals surface area contributed by atoms with Gasteiger partial charge in [-0.3, -0.25) is 9.59 Å². The summed E-state index contributed by atoms with van der Waals surface area (Å²) >= 11 is 0. The summed E-state index contributed by atoms with van der Waals surface area (Å²) in [5.74, 6) is -0.433. The average molecular weight is 893 g/mol. The van der Waals surface area contributed by atoms with E-state index in [0.29, 0.717) is 19.4 Å². The molecule has 5 nitrogen and oxygen atoms in total. The molecule has 5 heteroatoms. The third-order valence-electron chi connectivity index (χ3n) is 11.7. The van der Waals surface area contributed by atoms with Crippen molar-refractivity contribution < 1.29 is 23.8 Å². The highest BCUT2D eigenvalue weighted by atomic mass is 16.6. The minimum absolute atomic E-state index is 0.0681. The van der Waals surface area contributed by atoms with Crippen LogP contribution in [-0.4, -0.2) is 37.9 Å². The van der Waals surface area contributed by atoms with Crippen molar-refractivity contribution in [3.05, 3.63) is 72.9 Å². The molecule has 0 unspecified atom stereocenters. The van der Waals surface area contributed by atoms with Gasteiger partial charge in [-0.2, -0.15) is 0 Å². The molecule has 370 valence electrons. The van der Waals surface area contributed by atoms with Crippen LogP contribution in [0.4, 0.5) is 0 Å². The number of hydrogen-bond donors (Lipinski definition) is 0. The van der Waals surface area contributed by atoms with Crippen LogP contribution in [0, 0.1) is 0 Å². The van der Waals surface area contributed by atoms with Gasteiger partial charge in [0.2, 0.25) is 0 Å². The molecule has 0 N–H and O–H groups in total. The predicted molar refractivity (Wildman–Crippen MR) is 279 cm³/mol. The molecule has 0 bridgehead atoms. The fourth-order valence-corrected chi connectivity index (χ4v) is 7.65. The summed E-state index contributed by atoms with van der Waals surface area (Å²) in [6, 6.07) is 0. The summed E-state index contributed by atoms with van der Waals surface area (Å²) in [4.78, 5) is 25.5. The average Bonchev–Trinajstić information content (AvgIpc) is 3.30. The molecule has 0 aliphatic rings. The number of esters is 2. The molecule has 1 atom stereocenters. The summed E-state index contributed by atoms with van der Waals surface area (Å²) in [7, 11) is 0. The van der Waals surface area contributed by atoms with Gasteiger partial charge in [0.05, 0.1) is 6.61 Å². The van der Waals surface area contributed by atoms with Gasteiger partial charge < -0.3 is 14.2 Å². The first-order valence-electron chi connectivity index (χ1n) is 27.5. The van der Waals surface area contributed by atoms with Gasteiger partial charge in [0, 0.05) is 19.4 Å². The normalized spacial score (nSPS) is 12.7. The van der Waals surface area contributed by atoms with Crippen LogP contribution in [-0.2, 0) is 23.8 Å². The van der Waals surface area contributed by atoms with E-state index >= 15 is 0 Å². The number of rotatable bonds is 50. The Bertz CT molecular complexity index is 1150. The Balaban J connectivity index is 4.33. The monoisotopic (exact) mass is 893 g/mol. The fourth-order valence-electron chi connectivity index (χ4n) is 7.65. The fraction of sp³-hybridized carbons (Fsp3) is 0.763. The number of carbonyl (C=O) groups is 2. The number of unbranched alkanes of at least 4 members (excludes halogenated alkanes) is 27. The quantitative estimate of drug-likeness (QED) is 0.0346. The van der Waals surface area contributed by atoms with Gasteiger partial charge in [-0.05, 0) is 89.9 Å². The zero-order valence-corrected chi connectivity index (χ0v) is 42.5. The lowest BCUT2D eigenvalue weighted by atomic mass is 10.0. The van der Waals surface area contributed by atoms with Crippen LogP contribution < -0.4 is 0 Å². The largest absolute Gasteiger partial charge is 0.462 e. The van der Waals surface area contributed by atoms with E-state index in [1.165, 1.54) is 128 Å². The van der Waals surface area contributed by atoms with E-state index in [1.54, 1.807) is 0 Å². The van der Waals surface area contributed by atoms with E-state index in [0.717, 1.165) is 103 Å². The van der Waals surface area contributed by atoms with Gasteiger partial charge in [-0.1, -0.05) is 235 Å². The predicted octanol–water partition coefficient (Wildman–Crippen LogP) is 18.7. The number of allylic oxidation sites excluding steroid dienone is 12. The van der Waals surface area contributed by atoms with Crippen molar-refractivity contribution >= 4 is 11.9 Å². The topological polar surface area (TPSA) is 61.8 Å². The van der Waals surface area contributed by atoms with Crippen molar-refractivity contribution in [2.24, 2.45) is 0 Å². The second-order valence-electron chi connectivity index (χ2n) is 18.1. The van der Waals surface area contributed by atoms with Crippen molar-refractivity contribution in [3.63, 3.8) is 0 Å². The number of hydrogen-bond acceptors (Lipinski definition) is 5. The summed E-state index contributed by atoms with van der Waals surface area (Å²) in [5.41, 5.74) is 0. The van der Waals surface area contributed by atoms with E-state index in [9.17, 15) is 9.59 Å². The van der Waals surface area contributed by atoms with Crippen LogP contribution in [0.2, 0.25) is 0 Å². The van der Waals surface area contributed by atoms with Crippen molar-refractivity contribution in [1.82, 2.24) is 0 Å². The first-order valence-corrected chi connectivity index (χ1v) is 27.5. The highest BCUT2D eigenvalue weighted by Gasteiger charge is 2.17. The first-order chi connectivity index (χ1) is 31.6. The number of carbonyl (C=O) groups excluding carboxylic acids is 2. The minimum Gasteiger partial charge on any atom is -0.462 e. The molecule has 0 saturated heterocycles. The maximum absolute atomic E-state index is 12.8. The number of ether oxygens (including phenoxy) is 3. The Labute approximate surface area is 397 Å². The molecule has 0 fully saturated rings. The van der Waals surface area contributed by atoms with Crippen LogP contribution in [0.1, 0.15) is 265 Å². The Kier molecular flexibility index (Phi) is 52.4. The van der Waals surface area contributed by atoms with Crippen LogP contribution in [0.15, 0.2) is 72.9 Å². The van der Waals surface area contributed by atoms with Crippen LogP contribution in [0.25, 0.3) is 0 Å². The molecule has 0 aromatic heterocycles. The highest BCUT2D eigenvalue weighted by Crippen LogP contribution is 2.15. The molecular formula is C59H104O5. The van der Waals surface area contributed by atoms with Crippen molar-refractivity contribution in [2.75, 3.05) is 19.8 Å². The molecular weight excluding hydrogens is 789 g/mol. The summed E-state index contributed by atoms with van der Waals surface area (Å²) in [6.07, 6.45) is 70.5. The summed E-state index contributed by atoms with van der Waals surface area (Å²) < 4.78 is 17.4. The summed E-state index contributed by atoms with van der Waals surface area (Å²) in [5, 5.41) is 0. The van der Waals surface area contributed by atoms with Crippen LogP contribution in [0.5, 0.6) is 0 Å². The lowest BCUT2D eigenvalue weighted by Crippen LogP contribution is -2.30.